The van der Waals surface area contributed by atoms with Gasteiger partial charge in [0, 0.05) is 80.5 Å². The number of unbranched alkanes of at least 4 members (excludes halogenated alkanes) is 1. The molecule has 0 radical (unpaired) electrons. The number of anilines is 2. The molecule has 3 aliphatic heterocycles. The first kappa shape index (κ1) is 19.8. The van der Waals surface area contributed by atoms with Gasteiger partial charge in [-0.2, -0.15) is 0 Å². The van der Waals surface area contributed by atoms with Crippen molar-refractivity contribution in [3.63, 3.8) is 0 Å². The molecule has 158 valence electrons. The highest BCUT2D eigenvalue weighted by Crippen LogP contribution is 2.35. The van der Waals surface area contributed by atoms with Crippen molar-refractivity contribution in [1.29, 1.82) is 0 Å². The van der Waals surface area contributed by atoms with Crippen LogP contribution in [0, 0.1) is 0 Å². The maximum absolute atomic E-state index is 6.15. The molecule has 0 atom stereocenters. The number of benzene rings is 2. The van der Waals surface area contributed by atoms with E-state index in [1.54, 1.807) is 0 Å². The van der Waals surface area contributed by atoms with Crippen LogP contribution in [0.15, 0.2) is 60.4 Å². The van der Waals surface area contributed by atoms with Crippen LogP contribution in [0.1, 0.15) is 18.4 Å². The molecule has 1 fully saturated rings. The maximum Gasteiger partial charge on any atom is 0.0445 e. The minimum absolute atomic E-state index is 0.826. The summed E-state index contributed by atoms with van der Waals surface area (Å²) in [6, 6.07) is 17.1. The van der Waals surface area contributed by atoms with Gasteiger partial charge in [0.1, 0.15) is 0 Å². The molecule has 0 bridgehead atoms. The van der Waals surface area contributed by atoms with Crippen LogP contribution in [-0.2, 0) is 6.42 Å². The molecule has 5 heteroatoms. The summed E-state index contributed by atoms with van der Waals surface area (Å²) in [7, 11) is 0. The Morgan fingerprint density at radius 2 is 1.63 bits per heavy atom. The van der Waals surface area contributed by atoms with E-state index in [2.05, 4.69) is 62.2 Å². The Kier molecular flexibility index (Phi) is 5.87. The zero-order chi connectivity index (χ0) is 20.3. The average Bonchev–Trinajstić information content (AvgIpc) is 3.15. The van der Waals surface area contributed by atoms with Crippen LogP contribution in [0.2, 0.25) is 5.02 Å². The molecular weight excluding hydrogens is 392 g/mol. The molecule has 5 rings (SSSR count). The molecule has 0 amide bonds. The molecule has 2 aromatic rings. The van der Waals surface area contributed by atoms with Crippen molar-refractivity contribution in [3.05, 3.63) is 71.0 Å². The van der Waals surface area contributed by atoms with Gasteiger partial charge >= 0.3 is 0 Å². The second-order valence-corrected chi connectivity index (χ2v) is 9.07. The van der Waals surface area contributed by atoms with Gasteiger partial charge in [0.2, 0.25) is 0 Å². The van der Waals surface area contributed by atoms with E-state index >= 15 is 0 Å². The van der Waals surface area contributed by atoms with Crippen LogP contribution in [0.4, 0.5) is 11.4 Å². The van der Waals surface area contributed by atoms with Gasteiger partial charge in [0.15, 0.2) is 0 Å². The number of piperazine rings is 1. The summed E-state index contributed by atoms with van der Waals surface area (Å²) in [5.41, 5.74) is 5.62. The molecule has 4 nitrogen and oxygen atoms in total. The van der Waals surface area contributed by atoms with Crippen molar-refractivity contribution in [3.8, 4) is 0 Å². The van der Waals surface area contributed by atoms with Gasteiger partial charge in [-0.05, 0) is 49.2 Å². The van der Waals surface area contributed by atoms with Gasteiger partial charge < -0.3 is 14.7 Å². The molecule has 1 saturated heterocycles. The van der Waals surface area contributed by atoms with Gasteiger partial charge in [0.05, 0.1) is 0 Å². The van der Waals surface area contributed by atoms with E-state index in [0.29, 0.717) is 0 Å². The van der Waals surface area contributed by atoms with Crippen molar-refractivity contribution in [2.24, 2.45) is 0 Å². The Balaban J connectivity index is 1.03. The van der Waals surface area contributed by atoms with Gasteiger partial charge in [-0.3, -0.25) is 4.90 Å². The molecule has 0 N–H and O–H groups in total. The summed E-state index contributed by atoms with van der Waals surface area (Å²) in [5.74, 6) is 0. The van der Waals surface area contributed by atoms with Gasteiger partial charge in [-0.25, -0.2) is 0 Å². The van der Waals surface area contributed by atoms with E-state index in [0.717, 1.165) is 50.7 Å². The lowest BCUT2D eigenvalue weighted by Gasteiger charge is -2.36. The Morgan fingerprint density at radius 3 is 2.50 bits per heavy atom. The number of nitrogens with zero attached hydrogens (tertiary/aromatic N) is 4. The minimum atomic E-state index is 0.826. The predicted molar refractivity (Wildman–Crippen MR) is 126 cm³/mol. The van der Waals surface area contributed by atoms with Crippen molar-refractivity contribution in [2.75, 3.05) is 62.2 Å². The van der Waals surface area contributed by atoms with Crippen LogP contribution in [0.5, 0.6) is 0 Å². The van der Waals surface area contributed by atoms with Crippen LogP contribution in [-0.4, -0.2) is 62.2 Å². The molecular formula is C25H31ClN4. The minimum Gasteiger partial charge on any atom is -0.374 e. The molecule has 0 spiro atoms. The Hall–Kier alpha value is -2.17. The van der Waals surface area contributed by atoms with Crippen LogP contribution in [0.3, 0.4) is 0 Å². The van der Waals surface area contributed by atoms with E-state index in [9.17, 15) is 0 Å². The molecule has 3 aliphatic rings. The van der Waals surface area contributed by atoms with Crippen LogP contribution in [0.25, 0.3) is 0 Å². The molecule has 2 aromatic carbocycles. The lowest BCUT2D eigenvalue weighted by Crippen LogP contribution is -2.46. The van der Waals surface area contributed by atoms with Crippen molar-refractivity contribution in [1.82, 2.24) is 9.80 Å². The number of fused-ring (bicyclic) bond motifs is 3. The van der Waals surface area contributed by atoms with E-state index in [4.69, 9.17) is 11.6 Å². The van der Waals surface area contributed by atoms with Gasteiger partial charge in [-0.1, -0.05) is 35.9 Å². The van der Waals surface area contributed by atoms with E-state index in [-0.39, 0.29) is 0 Å². The van der Waals surface area contributed by atoms with Gasteiger partial charge in [-0.15, -0.1) is 0 Å². The third kappa shape index (κ3) is 4.30. The van der Waals surface area contributed by atoms with Crippen LogP contribution >= 0.6 is 11.6 Å². The standard InChI is InChI=1S/C25H31ClN4/c26-22-7-5-8-23(19-22)29-15-12-27(13-16-29)10-3-4-11-28-14-17-30-24(20-28)18-21-6-1-2-9-25(21)30/h1-2,5-9,19-20H,3-4,10-18H2. The highest BCUT2D eigenvalue weighted by atomic mass is 35.5. The summed E-state index contributed by atoms with van der Waals surface area (Å²) in [6.45, 7) is 9.12. The topological polar surface area (TPSA) is 13.0 Å². The number of hydrogen-bond acceptors (Lipinski definition) is 4. The van der Waals surface area contributed by atoms with Crippen molar-refractivity contribution < 1.29 is 0 Å². The zero-order valence-electron chi connectivity index (χ0n) is 17.6. The Morgan fingerprint density at radius 1 is 0.800 bits per heavy atom. The summed E-state index contributed by atoms with van der Waals surface area (Å²) in [4.78, 5) is 10.1. The van der Waals surface area contributed by atoms with E-state index < -0.39 is 0 Å². The third-order valence-corrected chi connectivity index (χ3v) is 6.89. The summed E-state index contributed by atoms with van der Waals surface area (Å²) < 4.78 is 0. The predicted octanol–water partition coefficient (Wildman–Crippen LogP) is 4.46. The molecule has 0 saturated carbocycles. The fourth-order valence-electron chi connectivity index (χ4n) is 4.98. The second-order valence-electron chi connectivity index (χ2n) is 8.63. The maximum atomic E-state index is 6.15. The number of rotatable bonds is 6. The monoisotopic (exact) mass is 422 g/mol. The average molecular weight is 423 g/mol. The smallest absolute Gasteiger partial charge is 0.0445 e. The fraction of sp³-hybridized carbons (Fsp3) is 0.440. The number of para-hydroxylation sites is 1. The quantitative estimate of drug-likeness (QED) is 0.637. The summed E-state index contributed by atoms with van der Waals surface area (Å²) >= 11 is 6.15. The van der Waals surface area contributed by atoms with E-state index in [1.807, 2.05) is 12.1 Å². The van der Waals surface area contributed by atoms with E-state index in [1.165, 1.54) is 48.6 Å². The van der Waals surface area contributed by atoms with Crippen LogP contribution < -0.4 is 9.80 Å². The number of halogens is 1. The molecule has 3 heterocycles. The first-order chi connectivity index (χ1) is 14.8. The molecule has 0 unspecified atom stereocenters. The first-order valence-electron chi connectivity index (χ1n) is 11.3. The number of allylic oxidation sites excluding steroid dienone is 1. The lowest BCUT2D eigenvalue weighted by atomic mass is 10.1. The molecule has 30 heavy (non-hydrogen) atoms. The Labute approximate surface area is 185 Å². The summed E-state index contributed by atoms with van der Waals surface area (Å²) in [6.07, 6.45) is 6.04. The highest BCUT2D eigenvalue weighted by Gasteiger charge is 2.27. The zero-order valence-corrected chi connectivity index (χ0v) is 18.4. The Bertz CT molecular complexity index is 904. The fourth-order valence-corrected chi connectivity index (χ4v) is 5.17. The SMILES string of the molecule is Clc1cccc(N2CCN(CCCCN3C=C4Cc5ccccc5N4CC3)CC2)c1. The van der Waals surface area contributed by atoms with Crippen molar-refractivity contribution >= 4 is 23.0 Å². The largest absolute Gasteiger partial charge is 0.374 e. The first-order valence-corrected chi connectivity index (χ1v) is 11.7. The van der Waals surface area contributed by atoms with Gasteiger partial charge in [0.25, 0.3) is 0 Å². The molecule has 0 aliphatic carbocycles. The number of hydrogen-bond donors (Lipinski definition) is 0. The van der Waals surface area contributed by atoms with Crippen molar-refractivity contribution in [2.45, 2.75) is 19.3 Å². The third-order valence-electron chi connectivity index (χ3n) is 6.66. The lowest BCUT2D eigenvalue weighted by molar-refractivity contribution is 0.246. The highest BCUT2D eigenvalue weighted by molar-refractivity contribution is 6.30. The molecule has 0 aromatic heterocycles. The second kappa shape index (κ2) is 8.91. The normalized spacial score (nSPS) is 19.0. The summed E-state index contributed by atoms with van der Waals surface area (Å²) in [5, 5.41) is 0.826.